The van der Waals surface area contributed by atoms with E-state index in [-0.39, 0.29) is 18.4 Å². The molecule has 2 unspecified atom stereocenters. The Labute approximate surface area is 107 Å². The van der Waals surface area contributed by atoms with Crippen LogP contribution in [0.4, 0.5) is 0 Å². The summed E-state index contributed by atoms with van der Waals surface area (Å²) in [6.45, 7) is 3.35. The highest BCUT2D eigenvalue weighted by atomic mass is 16.3. The fourth-order valence-corrected chi connectivity index (χ4v) is 2.26. The van der Waals surface area contributed by atoms with E-state index >= 15 is 0 Å². The van der Waals surface area contributed by atoms with Crippen LogP contribution in [0.5, 0.6) is 0 Å². The molecular weight excluding hydrogens is 228 g/mol. The van der Waals surface area contributed by atoms with Crippen molar-refractivity contribution in [1.82, 2.24) is 10.6 Å². The van der Waals surface area contributed by atoms with Crippen molar-refractivity contribution in [3.8, 4) is 0 Å². The van der Waals surface area contributed by atoms with Crippen LogP contribution in [0.15, 0.2) is 30.3 Å². The summed E-state index contributed by atoms with van der Waals surface area (Å²) >= 11 is 0. The molecule has 2 atom stereocenters. The summed E-state index contributed by atoms with van der Waals surface area (Å²) in [6, 6.07) is 9.58. The van der Waals surface area contributed by atoms with Gasteiger partial charge in [-0.15, -0.1) is 0 Å². The number of carbonyl (C=O) groups is 1. The standard InChI is InChI=1S/C14H20N2O2/c1-14(10-17,12-5-3-2-4-6-12)16-13(18)11-7-8-15-9-11/h2-6,11,15,17H,7-10H2,1H3,(H,16,18). The lowest BCUT2D eigenvalue weighted by atomic mass is 9.92. The molecule has 1 fully saturated rings. The molecule has 1 aromatic rings. The second-order valence-electron chi connectivity index (χ2n) is 5.04. The lowest BCUT2D eigenvalue weighted by Crippen LogP contribution is -2.48. The molecule has 2 rings (SSSR count). The van der Waals surface area contributed by atoms with Crippen molar-refractivity contribution in [3.63, 3.8) is 0 Å². The Morgan fingerprint density at radius 3 is 2.78 bits per heavy atom. The van der Waals surface area contributed by atoms with E-state index in [1.54, 1.807) is 0 Å². The first kappa shape index (κ1) is 13.1. The number of aliphatic hydroxyl groups is 1. The summed E-state index contributed by atoms with van der Waals surface area (Å²) in [7, 11) is 0. The maximum Gasteiger partial charge on any atom is 0.225 e. The van der Waals surface area contributed by atoms with Gasteiger partial charge in [-0.05, 0) is 25.5 Å². The van der Waals surface area contributed by atoms with Crippen molar-refractivity contribution in [2.45, 2.75) is 18.9 Å². The van der Waals surface area contributed by atoms with E-state index in [0.717, 1.165) is 25.1 Å². The zero-order valence-electron chi connectivity index (χ0n) is 10.6. The van der Waals surface area contributed by atoms with Gasteiger partial charge in [0.25, 0.3) is 0 Å². The first-order valence-electron chi connectivity index (χ1n) is 6.35. The molecule has 0 aromatic heterocycles. The van der Waals surface area contributed by atoms with Gasteiger partial charge in [-0.25, -0.2) is 0 Å². The van der Waals surface area contributed by atoms with Gasteiger partial charge in [0.1, 0.15) is 0 Å². The third-order valence-corrected chi connectivity index (χ3v) is 3.56. The molecule has 0 bridgehead atoms. The number of amides is 1. The average molecular weight is 248 g/mol. The van der Waals surface area contributed by atoms with Crippen LogP contribution in [-0.4, -0.2) is 30.7 Å². The molecule has 0 aliphatic carbocycles. The van der Waals surface area contributed by atoms with E-state index in [9.17, 15) is 9.90 Å². The molecule has 1 amide bonds. The van der Waals surface area contributed by atoms with Crippen molar-refractivity contribution in [2.24, 2.45) is 5.92 Å². The summed E-state index contributed by atoms with van der Waals surface area (Å²) in [4.78, 5) is 12.1. The Hall–Kier alpha value is -1.39. The zero-order chi connectivity index (χ0) is 13.0. The van der Waals surface area contributed by atoms with E-state index in [1.807, 2.05) is 37.3 Å². The Morgan fingerprint density at radius 2 is 2.22 bits per heavy atom. The third-order valence-electron chi connectivity index (χ3n) is 3.56. The third kappa shape index (κ3) is 2.71. The molecule has 4 heteroatoms. The van der Waals surface area contributed by atoms with Crippen LogP contribution in [0.25, 0.3) is 0 Å². The van der Waals surface area contributed by atoms with Crippen LogP contribution in [0, 0.1) is 5.92 Å². The van der Waals surface area contributed by atoms with Gasteiger partial charge in [0.05, 0.1) is 18.1 Å². The minimum Gasteiger partial charge on any atom is -0.394 e. The zero-order valence-corrected chi connectivity index (χ0v) is 10.6. The van der Waals surface area contributed by atoms with Crippen LogP contribution in [0.3, 0.4) is 0 Å². The molecule has 1 saturated heterocycles. The number of nitrogens with one attached hydrogen (secondary N) is 2. The molecular formula is C14H20N2O2. The van der Waals surface area contributed by atoms with Gasteiger partial charge in [0.15, 0.2) is 0 Å². The quantitative estimate of drug-likeness (QED) is 0.732. The largest absolute Gasteiger partial charge is 0.394 e. The average Bonchev–Trinajstić information content (AvgIpc) is 2.93. The first-order valence-corrected chi connectivity index (χ1v) is 6.35. The normalized spacial score (nSPS) is 22.4. The molecule has 0 spiro atoms. The predicted octanol–water partition coefficient (Wildman–Crippen LogP) is 0.620. The molecule has 1 aliphatic rings. The van der Waals surface area contributed by atoms with Gasteiger partial charge in [-0.3, -0.25) is 4.79 Å². The van der Waals surface area contributed by atoms with Gasteiger partial charge >= 0.3 is 0 Å². The number of hydrogen-bond acceptors (Lipinski definition) is 3. The van der Waals surface area contributed by atoms with Crippen molar-refractivity contribution in [2.75, 3.05) is 19.7 Å². The summed E-state index contributed by atoms with van der Waals surface area (Å²) in [5.41, 5.74) is 0.216. The van der Waals surface area contributed by atoms with E-state index in [4.69, 9.17) is 0 Å². The molecule has 4 nitrogen and oxygen atoms in total. The van der Waals surface area contributed by atoms with Crippen molar-refractivity contribution in [1.29, 1.82) is 0 Å². The number of carbonyl (C=O) groups excluding carboxylic acids is 1. The van der Waals surface area contributed by atoms with Crippen LogP contribution in [-0.2, 0) is 10.3 Å². The van der Waals surface area contributed by atoms with Crippen LogP contribution in [0.1, 0.15) is 18.9 Å². The summed E-state index contributed by atoms with van der Waals surface area (Å²) in [6.07, 6.45) is 0.863. The summed E-state index contributed by atoms with van der Waals surface area (Å²) in [5.74, 6) is 0.0278. The van der Waals surface area contributed by atoms with Crippen molar-refractivity contribution in [3.05, 3.63) is 35.9 Å². The maximum absolute atomic E-state index is 12.1. The smallest absolute Gasteiger partial charge is 0.225 e. The van der Waals surface area contributed by atoms with E-state index in [1.165, 1.54) is 0 Å². The van der Waals surface area contributed by atoms with Gasteiger partial charge in [-0.1, -0.05) is 30.3 Å². The molecule has 1 aliphatic heterocycles. The minimum atomic E-state index is -0.707. The van der Waals surface area contributed by atoms with E-state index in [2.05, 4.69) is 10.6 Å². The Balaban J connectivity index is 2.10. The highest BCUT2D eigenvalue weighted by molar-refractivity contribution is 5.80. The van der Waals surface area contributed by atoms with Gasteiger partial charge in [-0.2, -0.15) is 0 Å². The Morgan fingerprint density at radius 1 is 1.50 bits per heavy atom. The number of benzene rings is 1. The van der Waals surface area contributed by atoms with Crippen molar-refractivity contribution >= 4 is 5.91 Å². The molecule has 1 heterocycles. The lowest BCUT2D eigenvalue weighted by molar-refractivity contribution is -0.126. The fourth-order valence-electron chi connectivity index (χ4n) is 2.26. The predicted molar refractivity (Wildman–Crippen MR) is 70.0 cm³/mol. The molecule has 3 N–H and O–H groups in total. The summed E-state index contributed by atoms with van der Waals surface area (Å²) < 4.78 is 0. The highest BCUT2D eigenvalue weighted by Gasteiger charge is 2.31. The van der Waals surface area contributed by atoms with Gasteiger partial charge in [0.2, 0.25) is 5.91 Å². The van der Waals surface area contributed by atoms with E-state index < -0.39 is 5.54 Å². The maximum atomic E-state index is 12.1. The van der Waals surface area contributed by atoms with Crippen molar-refractivity contribution < 1.29 is 9.90 Å². The van der Waals surface area contributed by atoms with Crippen LogP contribution < -0.4 is 10.6 Å². The van der Waals surface area contributed by atoms with E-state index in [0.29, 0.717) is 0 Å². The molecule has 0 saturated carbocycles. The number of rotatable bonds is 4. The highest BCUT2D eigenvalue weighted by Crippen LogP contribution is 2.21. The molecule has 0 radical (unpaired) electrons. The van der Waals surface area contributed by atoms with Gasteiger partial charge in [0, 0.05) is 6.54 Å². The minimum absolute atomic E-state index is 0.0135. The van der Waals surface area contributed by atoms with Crippen LogP contribution in [0.2, 0.25) is 0 Å². The molecule has 98 valence electrons. The van der Waals surface area contributed by atoms with Gasteiger partial charge < -0.3 is 15.7 Å². The summed E-state index contributed by atoms with van der Waals surface area (Å²) in [5, 5.41) is 15.7. The second kappa shape index (κ2) is 5.50. The molecule has 1 aromatic carbocycles. The Bertz CT molecular complexity index is 402. The SMILES string of the molecule is CC(CO)(NC(=O)C1CCNC1)c1ccccc1. The molecule has 18 heavy (non-hydrogen) atoms. The lowest BCUT2D eigenvalue weighted by Gasteiger charge is -2.30. The second-order valence-corrected chi connectivity index (χ2v) is 5.04. The monoisotopic (exact) mass is 248 g/mol. The topological polar surface area (TPSA) is 61.4 Å². The fraction of sp³-hybridized carbons (Fsp3) is 0.500. The number of hydrogen-bond donors (Lipinski definition) is 3. The first-order chi connectivity index (χ1) is 8.65. The Kier molecular flexibility index (Phi) is 3.99. The number of aliphatic hydroxyl groups excluding tert-OH is 1. The van der Waals surface area contributed by atoms with Crippen LogP contribution >= 0.6 is 0 Å².